The average molecular weight is 343 g/mol. The maximum absolute atomic E-state index is 11.3. The summed E-state index contributed by atoms with van der Waals surface area (Å²) in [5, 5.41) is 14.1. The van der Waals surface area contributed by atoms with E-state index in [1.54, 1.807) is 30.0 Å². The van der Waals surface area contributed by atoms with Crippen molar-refractivity contribution in [2.45, 2.75) is 6.54 Å². The van der Waals surface area contributed by atoms with E-state index in [0.29, 0.717) is 11.6 Å². The number of hydrogen-bond donors (Lipinski definition) is 1. The molecule has 0 saturated carbocycles. The lowest BCUT2D eigenvalue weighted by atomic mass is 10.1. The Morgan fingerprint density at radius 2 is 1.83 bits per heavy atom. The van der Waals surface area contributed by atoms with Crippen molar-refractivity contribution in [3.05, 3.63) is 70.9 Å². The van der Waals surface area contributed by atoms with Gasteiger partial charge in [-0.2, -0.15) is 5.10 Å². The summed E-state index contributed by atoms with van der Waals surface area (Å²) in [6.45, 7) is 0.454. The van der Waals surface area contributed by atoms with E-state index in [9.17, 15) is 9.90 Å². The monoisotopic (exact) mass is 342 g/mol. The van der Waals surface area contributed by atoms with Gasteiger partial charge in [-0.25, -0.2) is 4.79 Å². The number of ether oxygens (including phenoxy) is 1. The summed E-state index contributed by atoms with van der Waals surface area (Å²) in [4.78, 5) is 11.3. The van der Waals surface area contributed by atoms with Gasteiger partial charge in [-0.05, 0) is 41.5 Å². The maximum Gasteiger partial charge on any atom is 0.356 e. The summed E-state index contributed by atoms with van der Waals surface area (Å²) in [5.74, 6) is -0.290. The van der Waals surface area contributed by atoms with Gasteiger partial charge >= 0.3 is 5.97 Å². The van der Waals surface area contributed by atoms with Gasteiger partial charge < -0.3 is 9.84 Å². The second kappa shape index (κ2) is 6.76. The van der Waals surface area contributed by atoms with Crippen LogP contribution in [0, 0.1) is 0 Å². The molecule has 3 rings (SSSR count). The normalized spacial score (nSPS) is 10.6. The van der Waals surface area contributed by atoms with E-state index in [0.717, 1.165) is 22.6 Å². The minimum Gasteiger partial charge on any atom is -0.497 e. The van der Waals surface area contributed by atoms with Crippen molar-refractivity contribution in [1.82, 2.24) is 9.78 Å². The third-order valence-corrected chi connectivity index (χ3v) is 3.88. The molecule has 5 nitrogen and oxygen atoms in total. The predicted molar refractivity (Wildman–Crippen MR) is 91.7 cm³/mol. The van der Waals surface area contributed by atoms with Gasteiger partial charge in [0.1, 0.15) is 5.75 Å². The molecule has 0 fully saturated rings. The Morgan fingerprint density at radius 1 is 1.17 bits per heavy atom. The molecule has 2 aromatic carbocycles. The van der Waals surface area contributed by atoms with Crippen LogP contribution in [0.1, 0.15) is 16.1 Å². The Labute approximate surface area is 144 Å². The van der Waals surface area contributed by atoms with Crippen LogP contribution in [0.5, 0.6) is 5.75 Å². The van der Waals surface area contributed by atoms with Crippen LogP contribution in [0.25, 0.3) is 11.3 Å². The van der Waals surface area contributed by atoms with Gasteiger partial charge in [0.15, 0.2) is 5.69 Å². The zero-order valence-electron chi connectivity index (χ0n) is 12.9. The zero-order chi connectivity index (χ0) is 17.1. The topological polar surface area (TPSA) is 64.4 Å². The molecule has 0 saturated heterocycles. The van der Waals surface area contributed by atoms with Gasteiger partial charge in [0.25, 0.3) is 0 Å². The second-order valence-electron chi connectivity index (χ2n) is 5.23. The number of carboxylic acids is 1. The van der Waals surface area contributed by atoms with E-state index in [-0.39, 0.29) is 5.69 Å². The summed E-state index contributed by atoms with van der Waals surface area (Å²) < 4.78 is 6.82. The van der Waals surface area contributed by atoms with E-state index in [2.05, 4.69) is 5.10 Å². The third kappa shape index (κ3) is 3.41. The van der Waals surface area contributed by atoms with Crippen LogP contribution < -0.4 is 4.74 Å². The molecule has 1 heterocycles. The summed E-state index contributed by atoms with van der Waals surface area (Å²) in [7, 11) is 1.61. The molecule has 0 unspecified atom stereocenters. The first-order valence-corrected chi connectivity index (χ1v) is 7.64. The number of aromatic nitrogens is 2. The lowest BCUT2D eigenvalue weighted by molar-refractivity contribution is 0.0689. The molecule has 24 heavy (non-hydrogen) atoms. The van der Waals surface area contributed by atoms with Crippen molar-refractivity contribution in [2.75, 3.05) is 7.11 Å². The van der Waals surface area contributed by atoms with Crippen molar-refractivity contribution >= 4 is 17.6 Å². The molecule has 0 radical (unpaired) electrons. The third-order valence-electron chi connectivity index (χ3n) is 3.63. The number of halogens is 1. The van der Waals surface area contributed by atoms with Crippen LogP contribution in [0.3, 0.4) is 0 Å². The fraction of sp³-hybridized carbons (Fsp3) is 0.111. The summed E-state index contributed by atoms with van der Waals surface area (Å²) >= 11 is 5.92. The summed E-state index contributed by atoms with van der Waals surface area (Å²) in [6.07, 6.45) is 0. The molecule has 0 amide bonds. The van der Waals surface area contributed by atoms with Crippen molar-refractivity contribution in [2.24, 2.45) is 0 Å². The molecule has 1 N–H and O–H groups in total. The zero-order valence-corrected chi connectivity index (χ0v) is 13.7. The first-order valence-electron chi connectivity index (χ1n) is 7.27. The molecule has 0 spiro atoms. The first kappa shape index (κ1) is 16.1. The van der Waals surface area contributed by atoms with Crippen LogP contribution in [0.15, 0.2) is 54.6 Å². The highest BCUT2D eigenvalue weighted by atomic mass is 35.5. The van der Waals surface area contributed by atoms with Crippen LogP contribution in [-0.4, -0.2) is 28.0 Å². The Balaban J connectivity index is 1.98. The fourth-order valence-electron chi connectivity index (χ4n) is 2.40. The largest absolute Gasteiger partial charge is 0.497 e. The number of carboxylic acid groups (broad SMARTS) is 1. The van der Waals surface area contributed by atoms with Crippen LogP contribution in [-0.2, 0) is 6.54 Å². The lowest BCUT2D eigenvalue weighted by Crippen LogP contribution is -2.06. The number of nitrogens with zero attached hydrogens (tertiary/aromatic N) is 2. The van der Waals surface area contributed by atoms with Gasteiger partial charge in [-0.15, -0.1) is 0 Å². The smallest absolute Gasteiger partial charge is 0.356 e. The molecule has 0 aliphatic heterocycles. The highest BCUT2D eigenvalue weighted by Gasteiger charge is 2.15. The maximum atomic E-state index is 11.3. The van der Waals surface area contributed by atoms with Crippen molar-refractivity contribution in [1.29, 1.82) is 0 Å². The molecule has 122 valence electrons. The Kier molecular flexibility index (Phi) is 4.53. The second-order valence-corrected chi connectivity index (χ2v) is 5.67. The van der Waals surface area contributed by atoms with Gasteiger partial charge in [0, 0.05) is 5.02 Å². The Bertz CT molecular complexity index is 855. The van der Waals surface area contributed by atoms with Crippen LogP contribution >= 0.6 is 11.6 Å². The molecule has 1 aromatic heterocycles. The average Bonchev–Trinajstić information content (AvgIpc) is 3.00. The number of hydrogen-bond acceptors (Lipinski definition) is 3. The molecule has 6 heteroatoms. The molecular weight excluding hydrogens is 328 g/mol. The Hall–Kier alpha value is -2.79. The lowest BCUT2D eigenvalue weighted by Gasteiger charge is -2.08. The summed E-state index contributed by atoms with van der Waals surface area (Å²) in [5.41, 5.74) is 2.58. The molecule has 3 aromatic rings. The standard InChI is InChI=1S/C18H15ClN2O3/c1-24-15-8-2-12(3-9-15)11-21-17(10-16(20-21)18(22)23)13-4-6-14(19)7-5-13/h2-10H,11H2,1H3,(H,22,23). The fourth-order valence-corrected chi connectivity index (χ4v) is 2.52. The first-order chi connectivity index (χ1) is 11.6. The van der Waals surface area contributed by atoms with E-state index < -0.39 is 5.97 Å². The number of methoxy groups -OCH3 is 1. The Morgan fingerprint density at radius 3 is 2.42 bits per heavy atom. The van der Waals surface area contributed by atoms with E-state index in [1.807, 2.05) is 36.4 Å². The van der Waals surface area contributed by atoms with Crippen LogP contribution in [0.2, 0.25) is 5.02 Å². The highest BCUT2D eigenvalue weighted by Crippen LogP contribution is 2.24. The number of rotatable bonds is 5. The predicted octanol–water partition coefficient (Wildman–Crippen LogP) is 3.96. The molecule has 0 aliphatic rings. The SMILES string of the molecule is COc1ccc(Cn2nc(C(=O)O)cc2-c2ccc(Cl)cc2)cc1. The van der Waals surface area contributed by atoms with Gasteiger partial charge in [-0.3, -0.25) is 4.68 Å². The van der Waals surface area contributed by atoms with Crippen molar-refractivity contribution in [3.8, 4) is 17.0 Å². The highest BCUT2D eigenvalue weighted by molar-refractivity contribution is 6.30. The molecular formula is C18H15ClN2O3. The van der Waals surface area contributed by atoms with E-state index >= 15 is 0 Å². The van der Waals surface area contributed by atoms with Crippen molar-refractivity contribution < 1.29 is 14.6 Å². The van der Waals surface area contributed by atoms with Gasteiger partial charge in [-0.1, -0.05) is 35.9 Å². The quantitative estimate of drug-likeness (QED) is 0.762. The molecule has 0 bridgehead atoms. The van der Waals surface area contributed by atoms with Crippen LogP contribution in [0.4, 0.5) is 0 Å². The molecule has 0 aliphatic carbocycles. The molecule has 0 atom stereocenters. The summed E-state index contributed by atoms with van der Waals surface area (Å²) in [6, 6.07) is 16.3. The number of benzene rings is 2. The van der Waals surface area contributed by atoms with E-state index in [4.69, 9.17) is 16.3 Å². The van der Waals surface area contributed by atoms with Gasteiger partial charge in [0.05, 0.1) is 19.3 Å². The van der Waals surface area contributed by atoms with Gasteiger partial charge in [0.2, 0.25) is 0 Å². The number of carbonyl (C=O) groups is 1. The minimum absolute atomic E-state index is 0.00783. The minimum atomic E-state index is -1.06. The van der Waals surface area contributed by atoms with E-state index in [1.165, 1.54) is 0 Å². The van der Waals surface area contributed by atoms with Crippen molar-refractivity contribution in [3.63, 3.8) is 0 Å². The number of aromatic carboxylic acids is 1.